The van der Waals surface area contributed by atoms with E-state index in [0.29, 0.717) is 0 Å². The predicted molar refractivity (Wildman–Crippen MR) is 47.3 cm³/mol. The van der Waals surface area contributed by atoms with Crippen LogP contribution in [0, 0.1) is 11.9 Å². The lowest BCUT2D eigenvalue weighted by atomic mass is 10.2. The van der Waals surface area contributed by atoms with Crippen LogP contribution < -0.4 is 10.6 Å². The number of benzene rings is 1. The minimum atomic E-state index is -0.260. The molecule has 0 fully saturated rings. The molecular formula is C9H4BrFN+. The van der Waals surface area contributed by atoms with Gasteiger partial charge in [-0.15, -0.1) is 0 Å². The summed E-state index contributed by atoms with van der Waals surface area (Å²) in [5.74, 6) is -0.260. The van der Waals surface area contributed by atoms with E-state index in [1.807, 2.05) is 0 Å². The first-order valence-corrected chi connectivity index (χ1v) is 4.18. The third-order valence-corrected chi connectivity index (χ3v) is 2.25. The average molecular weight is 225 g/mol. The van der Waals surface area contributed by atoms with Gasteiger partial charge in [0, 0.05) is 15.9 Å². The zero-order valence-electron chi connectivity index (χ0n) is 6.01. The maximum atomic E-state index is 12.8. The van der Waals surface area contributed by atoms with E-state index in [-0.39, 0.29) is 5.82 Å². The molecule has 1 nitrogen and oxygen atoms in total. The van der Waals surface area contributed by atoms with E-state index < -0.39 is 0 Å². The van der Waals surface area contributed by atoms with Gasteiger partial charge in [0.1, 0.15) is 11.9 Å². The van der Waals surface area contributed by atoms with Crippen molar-refractivity contribution in [2.24, 2.45) is 4.99 Å². The normalized spacial score (nSPS) is 13.3. The third kappa shape index (κ3) is 1.17. The van der Waals surface area contributed by atoms with Crippen molar-refractivity contribution in [3.63, 3.8) is 0 Å². The Morgan fingerprint density at radius 1 is 1.42 bits per heavy atom. The summed E-state index contributed by atoms with van der Waals surface area (Å²) in [5.41, 5.74) is 0. The van der Waals surface area contributed by atoms with Gasteiger partial charge in [0.2, 0.25) is 4.48 Å². The first-order valence-electron chi connectivity index (χ1n) is 3.39. The van der Waals surface area contributed by atoms with Crippen molar-refractivity contribution >= 4 is 20.4 Å². The van der Waals surface area contributed by atoms with Crippen molar-refractivity contribution in [3.05, 3.63) is 46.9 Å². The zero-order chi connectivity index (χ0) is 8.55. The Labute approximate surface area is 77.1 Å². The van der Waals surface area contributed by atoms with E-state index in [1.165, 1.54) is 12.1 Å². The summed E-state index contributed by atoms with van der Waals surface area (Å²) in [4.78, 5) is 4.03. The maximum Gasteiger partial charge on any atom is 0.248 e. The molecule has 0 aromatic heterocycles. The van der Waals surface area contributed by atoms with E-state index in [2.05, 4.69) is 27.0 Å². The number of nitrogens with zero attached hydrogens (tertiary/aromatic N) is 1. The van der Waals surface area contributed by atoms with Crippen LogP contribution in [-0.4, -0.2) is 0 Å². The van der Waals surface area contributed by atoms with Crippen LogP contribution in [-0.2, 0) is 0 Å². The Kier molecular flexibility index (Phi) is 1.75. The summed E-state index contributed by atoms with van der Waals surface area (Å²) in [7, 11) is 0. The minimum Gasteiger partial charge on any atom is -0.205 e. The Morgan fingerprint density at radius 2 is 2.25 bits per heavy atom. The quantitative estimate of drug-likeness (QED) is 0.590. The monoisotopic (exact) mass is 224 g/mol. The lowest BCUT2D eigenvalue weighted by Crippen LogP contribution is -2.27. The van der Waals surface area contributed by atoms with Crippen LogP contribution in [0.2, 0.25) is 0 Å². The van der Waals surface area contributed by atoms with Gasteiger partial charge in [0.15, 0.2) is 16.8 Å². The van der Waals surface area contributed by atoms with Gasteiger partial charge >= 0.3 is 0 Å². The molecule has 0 N–H and O–H groups in total. The van der Waals surface area contributed by atoms with E-state index >= 15 is 0 Å². The molecule has 0 aliphatic carbocycles. The minimum absolute atomic E-state index is 0.260. The lowest BCUT2D eigenvalue weighted by molar-refractivity contribution is 0.625. The van der Waals surface area contributed by atoms with Crippen LogP contribution in [0.25, 0.3) is 4.48 Å². The summed E-state index contributed by atoms with van der Waals surface area (Å²) in [5, 5.41) is 1.51. The molecule has 0 radical (unpaired) electrons. The van der Waals surface area contributed by atoms with Crippen molar-refractivity contribution < 1.29 is 4.39 Å². The smallest absolute Gasteiger partial charge is 0.205 e. The highest BCUT2D eigenvalue weighted by molar-refractivity contribution is 9.15. The summed E-state index contributed by atoms with van der Waals surface area (Å²) >= 11 is 3.27. The Hall–Kier alpha value is -1.05. The first-order chi connectivity index (χ1) is 5.77. The Balaban J connectivity index is 2.93. The van der Waals surface area contributed by atoms with Crippen molar-refractivity contribution in [1.29, 1.82) is 0 Å². The average Bonchev–Trinajstić information content (AvgIpc) is 2.07. The molecule has 1 heterocycles. The molecule has 1 aromatic carbocycles. The molecule has 1 aliphatic heterocycles. The molecule has 12 heavy (non-hydrogen) atoms. The van der Waals surface area contributed by atoms with Crippen LogP contribution in [0.15, 0.2) is 29.4 Å². The third-order valence-electron chi connectivity index (χ3n) is 1.59. The molecule has 0 atom stereocenters. The van der Waals surface area contributed by atoms with Crippen LogP contribution in [0.4, 0.5) is 4.39 Å². The predicted octanol–water partition coefficient (Wildman–Crippen LogP) is 1.28. The van der Waals surface area contributed by atoms with Crippen molar-refractivity contribution in [1.82, 2.24) is 0 Å². The highest BCUT2D eigenvalue weighted by atomic mass is 79.9. The molecule has 0 saturated heterocycles. The van der Waals surface area contributed by atoms with E-state index in [4.69, 9.17) is 0 Å². The van der Waals surface area contributed by atoms with Gasteiger partial charge in [-0.25, -0.2) is 9.38 Å². The number of halogens is 2. The van der Waals surface area contributed by atoms with Crippen molar-refractivity contribution in [3.8, 4) is 0 Å². The molecule has 0 saturated carbocycles. The van der Waals surface area contributed by atoms with Crippen LogP contribution in [0.1, 0.15) is 0 Å². The second-order valence-corrected chi connectivity index (χ2v) is 3.17. The van der Waals surface area contributed by atoms with Crippen LogP contribution in [0.5, 0.6) is 0 Å². The molecule has 1 aliphatic rings. The zero-order valence-corrected chi connectivity index (χ0v) is 7.60. The number of fused-ring (bicyclic) bond motifs is 1. The number of allylic oxidation sites excluding steroid dienone is 1. The maximum absolute atomic E-state index is 12.8. The fourth-order valence-corrected chi connectivity index (χ4v) is 1.45. The molecule has 1 aromatic rings. The Morgan fingerprint density at radius 3 is 3.08 bits per heavy atom. The van der Waals surface area contributed by atoms with Gasteiger partial charge in [-0.3, -0.25) is 0 Å². The summed E-state index contributed by atoms with van der Waals surface area (Å²) in [6.45, 7) is 0. The second-order valence-electron chi connectivity index (χ2n) is 2.38. The SMILES string of the molecule is Fc1ccc2c(c1)=C(Br)[C+]=CN=2. The van der Waals surface area contributed by atoms with Gasteiger partial charge in [-0.05, 0) is 12.1 Å². The van der Waals surface area contributed by atoms with Crippen LogP contribution >= 0.6 is 15.9 Å². The molecule has 3 heteroatoms. The van der Waals surface area contributed by atoms with Gasteiger partial charge in [0.05, 0.1) is 6.07 Å². The summed E-state index contributed by atoms with van der Waals surface area (Å²) < 4.78 is 13.5. The topological polar surface area (TPSA) is 12.4 Å². The van der Waals surface area contributed by atoms with Gasteiger partial charge in [-0.1, -0.05) is 0 Å². The second kappa shape index (κ2) is 2.77. The number of hydrogen-bond acceptors (Lipinski definition) is 1. The van der Waals surface area contributed by atoms with Crippen molar-refractivity contribution in [2.75, 3.05) is 0 Å². The van der Waals surface area contributed by atoms with Gasteiger partial charge < -0.3 is 0 Å². The largest absolute Gasteiger partial charge is 0.248 e. The molecule has 0 unspecified atom stereocenters. The molecule has 58 valence electrons. The van der Waals surface area contributed by atoms with Gasteiger partial charge in [0.25, 0.3) is 0 Å². The highest BCUT2D eigenvalue weighted by Crippen LogP contribution is 2.05. The fourth-order valence-electron chi connectivity index (χ4n) is 1.03. The molecule has 0 amide bonds. The molecule has 2 rings (SSSR count). The van der Waals surface area contributed by atoms with E-state index in [1.54, 1.807) is 12.3 Å². The van der Waals surface area contributed by atoms with Gasteiger partial charge in [-0.2, -0.15) is 0 Å². The highest BCUT2D eigenvalue weighted by Gasteiger charge is 2.09. The number of rotatable bonds is 0. The molecule has 0 spiro atoms. The molecule has 0 bridgehead atoms. The van der Waals surface area contributed by atoms with E-state index in [0.717, 1.165) is 15.1 Å². The number of hydrogen-bond donors (Lipinski definition) is 0. The van der Waals surface area contributed by atoms with E-state index in [9.17, 15) is 4.39 Å². The fraction of sp³-hybridized carbons (Fsp3) is 0. The molecular weight excluding hydrogens is 221 g/mol. The summed E-state index contributed by atoms with van der Waals surface area (Å²) in [6, 6.07) is 4.47. The summed E-state index contributed by atoms with van der Waals surface area (Å²) in [6.07, 6.45) is 4.40. The first kappa shape index (κ1) is 7.59. The van der Waals surface area contributed by atoms with Crippen molar-refractivity contribution in [2.45, 2.75) is 0 Å². The standard InChI is InChI=1S/C9H4BrFN/c10-8-3-4-12-9-2-1-6(11)5-7(8)9/h1-2,4-5H/q+1. The Bertz CT molecular complexity index is 462. The van der Waals surface area contributed by atoms with Crippen LogP contribution in [0.3, 0.4) is 0 Å². The lowest BCUT2D eigenvalue weighted by Gasteiger charge is -1.87.